The van der Waals surface area contributed by atoms with Crippen LogP contribution in [0.4, 0.5) is 0 Å². The van der Waals surface area contributed by atoms with E-state index in [0.29, 0.717) is 0 Å². The van der Waals surface area contributed by atoms with Crippen molar-refractivity contribution in [3.8, 4) is 0 Å². The van der Waals surface area contributed by atoms with Crippen molar-refractivity contribution in [1.82, 2.24) is 10.4 Å². The van der Waals surface area contributed by atoms with Crippen LogP contribution in [0.2, 0.25) is 0 Å². The van der Waals surface area contributed by atoms with E-state index in [2.05, 4.69) is 15.4 Å². The monoisotopic (exact) mass is 199 g/mol. The van der Waals surface area contributed by atoms with Gasteiger partial charge in [0.25, 0.3) is 0 Å². The predicted molar refractivity (Wildman–Crippen MR) is 57.9 cm³/mol. The number of aliphatic imine (C=N–C) groups is 1. The fourth-order valence-corrected chi connectivity index (χ4v) is 2.51. The molecule has 0 aromatic rings. The second kappa shape index (κ2) is 4.86. The van der Waals surface area contributed by atoms with Gasteiger partial charge >= 0.3 is 0 Å². The summed E-state index contributed by atoms with van der Waals surface area (Å²) < 4.78 is 0. The molecule has 0 unspecified atom stereocenters. The van der Waals surface area contributed by atoms with E-state index < -0.39 is 0 Å². The van der Waals surface area contributed by atoms with Crippen LogP contribution >= 0.6 is 11.8 Å². The Morgan fingerprint density at radius 3 is 2.69 bits per heavy atom. The van der Waals surface area contributed by atoms with E-state index in [1.807, 2.05) is 11.8 Å². The molecular weight excluding hydrogens is 182 g/mol. The molecule has 0 aromatic heterocycles. The molecule has 4 heteroatoms. The number of nitrogens with zero attached hydrogens (tertiary/aromatic N) is 2. The number of hydrogen-bond acceptors (Lipinski definition) is 4. The van der Waals surface area contributed by atoms with Gasteiger partial charge < -0.3 is 0 Å². The second-order valence-corrected chi connectivity index (χ2v) is 4.63. The van der Waals surface area contributed by atoms with Crippen molar-refractivity contribution in [2.75, 3.05) is 25.4 Å². The van der Waals surface area contributed by atoms with Gasteiger partial charge in [0.05, 0.1) is 0 Å². The highest BCUT2D eigenvalue weighted by molar-refractivity contribution is 8.13. The van der Waals surface area contributed by atoms with E-state index in [1.165, 1.54) is 44.5 Å². The predicted octanol–water partition coefficient (Wildman–Crippen LogP) is 1.47. The molecule has 0 saturated carbocycles. The highest BCUT2D eigenvalue weighted by Gasteiger charge is 2.12. The van der Waals surface area contributed by atoms with E-state index in [0.717, 1.165) is 11.7 Å². The average molecular weight is 199 g/mol. The van der Waals surface area contributed by atoms with Gasteiger partial charge in [-0.2, -0.15) is 0 Å². The number of nitrogens with one attached hydrogen (secondary N) is 1. The van der Waals surface area contributed by atoms with Crippen molar-refractivity contribution in [3.63, 3.8) is 0 Å². The minimum absolute atomic E-state index is 1.00. The molecule has 1 saturated heterocycles. The van der Waals surface area contributed by atoms with Gasteiger partial charge in [0.15, 0.2) is 5.17 Å². The first-order valence-corrected chi connectivity index (χ1v) is 6.12. The molecule has 2 aliphatic heterocycles. The van der Waals surface area contributed by atoms with Crippen LogP contribution in [0.1, 0.15) is 25.7 Å². The zero-order valence-electron chi connectivity index (χ0n) is 7.96. The van der Waals surface area contributed by atoms with Crippen molar-refractivity contribution in [2.45, 2.75) is 25.7 Å². The summed E-state index contributed by atoms with van der Waals surface area (Å²) >= 11 is 1.85. The van der Waals surface area contributed by atoms with Crippen molar-refractivity contribution >= 4 is 16.9 Å². The number of hydrazine groups is 1. The lowest BCUT2D eigenvalue weighted by atomic mass is 10.2. The van der Waals surface area contributed by atoms with Crippen LogP contribution < -0.4 is 5.43 Å². The molecule has 0 aromatic carbocycles. The van der Waals surface area contributed by atoms with Crippen LogP contribution in [0.25, 0.3) is 0 Å². The van der Waals surface area contributed by atoms with Gasteiger partial charge in [-0.15, -0.1) is 0 Å². The maximum absolute atomic E-state index is 4.45. The van der Waals surface area contributed by atoms with Crippen LogP contribution in [-0.4, -0.2) is 35.6 Å². The van der Waals surface area contributed by atoms with E-state index in [4.69, 9.17) is 0 Å². The fourth-order valence-electron chi connectivity index (χ4n) is 1.67. The minimum atomic E-state index is 1.00. The Morgan fingerprint density at radius 1 is 1.15 bits per heavy atom. The highest BCUT2D eigenvalue weighted by Crippen LogP contribution is 2.12. The molecule has 0 spiro atoms. The number of hydrogen-bond donors (Lipinski definition) is 1. The molecular formula is C9H17N3S. The first kappa shape index (κ1) is 9.34. The largest absolute Gasteiger partial charge is 0.298 e. The third-order valence-corrected chi connectivity index (χ3v) is 3.39. The van der Waals surface area contributed by atoms with Crippen LogP contribution in [0.3, 0.4) is 0 Å². The molecule has 0 radical (unpaired) electrons. The summed E-state index contributed by atoms with van der Waals surface area (Å²) in [5, 5.41) is 3.44. The Kier molecular flexibility index (Phi) is 3.49. The summed E-state index contributed by atoms with van der Waals surface area (Å²) in [6.07, 6.45) is 5.27. The Hall–Kier alpha value is -0.220. The number of rotatable bonds is 1. The summed E-state index contributed by atoms with van der Waals surface area (Å²) in [6.45, 7) is 3.36. The molecule has 1 N–H and O–H groups in total. The molecule has 3 nitrogen and oxygen atoms in total. The summed E-state index contributed by atoms with van der Waals surface area (Å²) in [4.78, 5) is 4.45. The maximum Gasteiger partial charge on any atom is 0.171 e. The number of thioether (sulfide) groups is 1. The third kappa shape index (κ3) is 2.88. The maximum atomic E-state index is 4.45. The van der Waals surface area contributed by atoms with E-state index in [1.54, 1.807) is 0 Å². The first-order valence-electron chi connectivity index (χ1n) is 5.14. The van der Waals surface area contributed by atoms with Crippen molar-refractivity contribution in [1.29, 1.82) is 0 Å². The second-order valence-electron chi connectivity index (χ2n) is 3.55. The van der Waals surface area contributed by atoms with Crippen molar-refractivity contribution in [3.05, 3.63) is 0 Å². The molecule has 2 heterocycles. The van der Waals surface area contributed by atoms with E-state index in [-0.39, 0.29) is 0 Å². The Bertz CT molecular complexity index is 187. The van der Waals surface area contributed by atoms with Crippen LogP contribution in [0.5, 0.6) is 0 Å². The topological polar surface area (TPSA) is 27.6 Å². The van der Waals surface area contributed by atoms with Crippen LogP contribution in [0, 0.1) is 0 Å². The van der Waals surface area contributed by atoms with Gasteiger partial charge in [0, 0.05) is 25.4 Å². The molecule has 0 atom stereocenters. The van der Waals surface area contributed by atoms with E-state index in [9.17, 15) is 0 Å². The minimum Gasteiger partial charge on any atom is -0.298 e. The van der Waals surface area contributed by atoms with Gasteiger partial charge in [0.1, 0.15) is 0 Å². The molecule has 0 bridgehead atoms. The summed E-state index contributed by atoms with van der Waals surface area (Å²) in [5.41, 5.74) is 3.40. The van der Waals surface area contributed by atoms with Gasteiger partial charge in [0.2, 0.25) is 0 Å². The molecule has 0 amide bonds. The summed E-state index contributed by atoms with van der Waals surface area (Å²) in [5.74, 6) is 1.22. The van der Waals surface area contributed by atoms with Crippen LogP contribution in [-0.2, 0) is 0 Å². The zero-order valence-corrected chi connectivity index (χ0v) is 8.78. The summed E-state index contributed by atoms with van der Waals surface area (Å²) in [7, 11) is 0. The smallest absolute Gasteiger partial charge is 0.171 e. The lowest BCUT2D eigenvalue weighted by molar-refractivity contribution is 0.196. The van der Waals surface area contributed by atoms with Crippen LogP contribution in [0.15, 0.2) is 4.99 Å². The zero-order chi connectivity index (χ0) is 8.93. The number of amidine groups is 1. The molecule has 13 heavy (non-hydrogen) atoms. The SMILES string of the molecule is C1CCN(NC2=NCCCS2)CC1. The van der Waals surface area contributed by atoms with Crippen molar-refractivity contribution < 1.29 is 0 Å². The highest BCUT2D eigenvalue weighted by atomic mass is 32.2. The van der Waals surface area contributed by atoms with Gasteiger partial charge in [-0.1, -0.05) is 18.2 Å². The average Bonchev–Trinajstić information content (AvgIpc) is 2.21. The Labute approximate surface area is 83.9 Å². The summed E-state index contributed by atoms with van der Waals surface area (Å²) in [6, 6.07) is 0. The quantitative estimate of drug-likeness (QED) is 0.693. The van der Waals surface area contributed by atoms with E-state index >= 15 is 0 Å². The molecule has 0 aliphatic carbocycles. The van der Waals surface area contributed by atoms with Crippen molar-refractivity contribution in [2.24, 2.45) is 4.99 Å². The van der Waals surface area contributed by atoms with Gasteiger partial charge in [-0.25, -0.2) is 5.01 Å². The lowest BCUT2D eigenvalue weighted by Crippen LogP contribution is -2.44. The lowest BCUT2D eigenvalue weighted by Gasteiger charge is -2.28. The Morgan fingerprint density at radius 2 is 2.00 bits per heavy atom. The third-order valence-electron chi connectivity index (χ3n) is 2.41. The normalized spacial score (nSPS) is 25.4. The first-order chi connectivity index (χ1) is 6.45. The molecule has 1 fully saturated rings. The molecule has 2 rings (SSSR count). The van der Waals surface area contributed by atoms with Gasteiger partial charge in [-0.3, -0.25) is 10.4 Å². The standard InChI is InChI=1S/C9H17N3S/c1-2-6-12(7-3-1)11-9-10-5-4-8-13-9/h1-8H2,(H,10,11). The van der Waals surface area contributed by atoms with Gasteiger partial charge in [-0.05, 0) is 19.3 Å². The molecule has 74 valence electrons. The fraction of sp³-hybridized carbons (Fsp3) is 0.889. The number of piperidine rings is 1. The molecule has 2 aliphatic rings. The Balaban J connectivity index is 1.78.